The third-order valence-electron chi connectivity index (χ3n) is 4.75. The Balaban J connectivity index is 1.62. The molecule has 136 valence electrons. The van der Waals surface area contributed by atoms with Crippen molar-refractivity contribution >= 4 is 5.69 Å². The highest BCUT2D eigenvalue weighted by atomic mass is 16.5. The molecule has 1 unspecified atom stereocenters. The van der Waals surface area contributed by atoms with Crippen LogP contribution in [-0.2, 0) is 11.3 Å². The van der Waals surface area contributed by atoms with E-state index in [0.29, 0.717) is 12.6 Å². The number of nitrogens with one attached hydrogen (secondary N) is 1. The highest BCUT2D eigenvalue weighted by molar-refractivity contribution is 5.45. The van der Waals surface area contributed by atoms with Crippen molar-refractivity contribution in [1.82, 2.24) is 20.2 Å². The van der Waals surface area contributed by atoms with Gasteiger partial charge in [0.1, 0.15) is 0 Å². The molecule has 1 N–H and O–H groups in total. The predicted molar refractivity (Wildman–Crippen MR) is 98.3 cm³/mol. The quantitative estimate of drug-likeness (QED) is 0.813. The van der Waals surface area contributed by atoms with Crippen molar-refractivity contribution in [3.05, 3.63) is 35.7 Å². The molecule has 6 nitrogen and oxygen atoms in total. The monoisotopic (exact) mass is 343 g/mol. The molecule has 1 atom stereocenters. The molecule has 0 spiro atoms. The van der Waals surface area contributed by atoms with Crippen molar-refractivity contribution in [2.75, 3.05) is 5.32 Å². The van der Waals surface area contributed by atoms with Crippen molar-refractivity contribution < 1.29 is 4.74 Å². The molecule has 0 bridgehead atoms. The zero-order valence-electron chi connectivity index (χ0n) is 15.5. The Hall–Kier alpha value is -1.95. The maximum atomic E-state index is 5.64. The van der Waals surface area contributed by atoms with Crippen LogP contribution in [0.4, 0.5) is 5.69 Å². The summed E-state index contributed by atoms with van der Waals surface area (Å²) in [6.45, 7) is 6.86. The average molecular weight is 343 g/mol. The molecule has 1 fully saturated rings. The van der Waals surface area contributed by atoms with Crippen molar-refractivity contribution in [1.29, 1.82) is 0 Å². The van der Waals surface area contributed by atoms with Crippen LogP contribution in [0.5, 0.6) is 0 Å². The number of hydrogen-bond acceptors (Lipinski definition) is 5. The molecular formula is C19H29N5O. The molecule has 0 amide bonds. The Bertz CT molecular complexity index is 646. The van der Waals surface area contributed by atoms with Crippen LogP contribution < -0.4 is 5.32 Å². The summed E-state index contributed by atoms with van der Waals surface area (Å²) in [6, 6.07) is 8.88. The van der Waals surface area contributed by atoms with E-state index in [1.165, 1.54) is 37.7 Å². The molecule has 2 aromatic rings. The van der Waals surface area contributed by atoms with Gasteiger partial charge in [-0.2, -0.15) is 0 Å². The molecular weight excluding hydrogens is 314 g/mol. The summed E-state index contributed by atoms with van der Waals surface area (Å²) in [5.41, 5.74) is 2.25. The average Bonchev–Trinajstić information content (AvgIpc) is 3.12. The third kappa shape index (κ3) is 4.78. The normalized spacial score (nSPS) is 17.0. The first-order valence-electron chi connectivity index (χ1n) is 9.38. The smallest absolute Gasteiger partial charge is 0.173 e. The molecule has 1 heterocycles. The maximum absolute atomic E-state index is 5.64. The van der Waals surface area contributed by atoms with Gasteiger partial charge in [-0.15, -0.1) is 5.10 Å². The van der Waals surface area contributed by atoms with Crippen molar-refractivity contribution in [3.63, 3.8) is 0 Å². The lowest BCUT2D eigenvalue weighted by Crippen LogP contribution is -2.20. The molecule has 1 aromatic carbocycles. The lowest BCUT2D eigenvalue weighted by molar-refractivity contribution is 0.0657. The zero-order chi connectivity index (χ0) is 17.6. The number of tetrazole rings is 1. The summed E-state index contributed by atoms with van der Waals surface area (Å²) in [5.74, 6) is 0.916. The van der Waals surface area contributed by atoms with E-state index in [1.807, 2.05) is 18.5 Å². The summed E-state index contributed by atoms with van der Waals surface area (Å²) in [7, 11) is 0. The number of rotatable bonds is 7. The van der Waals surface area contributed by atoms with Gasteiger partial charge in [0, 0.05) is 5.69 Å². The molecule has 1 aliphatic rings. The lowest BCUT2D eigenvalue weighted by Gasteiger charge is -2.24. The van der Waals surface area contributed by atoms with Crippen LogP contribution in [0.15, 0.2) is 24.3 Å². The van der Waals surface area contributed by atoms with Gasteiger partial charge in [-0.05, 0) is 61.7 Å². The molecule has 3 rings (SSSR count). The van der Waals surface area contributed by atoms with E-state index in [1.54, 1.807) is 0 Å². The third-order valence-corrected chi connectivity index (χ3v) is 4.75. The molecule has 25 heavy (non-hydrogen) atoms. The Labute approximate surface area is 150 Å². The van der Waals surface area contributed by atoms with Gasteiger partial charge in [0.05, 0.1) is 24.8 Å². The summed E-state index contributed by atoms with van der Waals surface area (Å²) in [5, 5.41) is 16.0. The predicted octanol–water partition coefficient (Wildman–Crippen LogP) is 4.28. The van der Waals surface area contributed by atoms with Crippen molar-refractivity contribution in [2.45, 2.75) is 77.7 Å². The fourth-order valence-corrected chi connectivity index (χ4v) is 3.35. The number of nitrogens with zero attached hydrogens (tertiary/aromatic N) is 4. The fraction of sp³-hybridized carbons (Fsp3) is 0.632. The van der Waals surface area contributed by atoms with Gasteiger partial charge in [-0.3, -0.25) is 0 Å². The van der Waals surface area contributed by atoms with Gasteiger partial charge in [0.15, 0.2) is 5.82 Å². The SMILES string of the molecule is CC(C)OCc1ccc(NC(C)c2nnnn2C2CCCCC2)cc1. The molecule has 0 radical (unpaired) electrons. The van der Waals surface area contributed by atoms with Crippen LogP contribution >= 0.6 is 0 Å². The van der Waals surface area contributed by atoms with E-state index in [0.717, 1.165) is 11.5 Å². The Morgan fingerprint density at radius 1 is 1.12 bits per heavy atom. The second-order valence-electron chi connectivity index (χ2n) is 7.20. The minimum absolute atomic E-state index is 0.0645. The van der Waals surface area contributed by atoms with Crippen molar-refractivity contribution in [2.24, 2.45) is 0 Å². The first-order valence-corrected chi connectivity index (χ1v) is 9.38. The number of anilines is 1. The van der Waals surface area contributed by atoms with Crippen LogP contribution in [-0.4, -0.2) is 26.3 Å². The topological polar surface area (TPSA) is 64.9 Å². The van der Waals surface area contributed by atoms with E-state index < -0.39 is 0 Å². The summed E-state index contributed by atoms with van der Waals surface area (Å²) in [6.07, 6.45) is 6.47. The molecule has 0 saturated heterocycles. The molecule has 1 saturated carbocycles. The van der Waals surface area contributed by atoms with Crippen molar-refractivity contribution in [3.8, 4) is 0 Å². The maximum Gasteiger partial charge on any atom is 0.173 e. The van der Waals surface area contributed by atoms with Crippen LogP contribution in [0.2, 0.25) is 0 Å². The van der Waals surface area contributed by atoms with Crippen LogP contribution in [0, 0.1) is 0 Å². The Morgan fingerprint density at radius 3 is 2.52 bits per heavy atom. The number of hydrogen-bond donors (Lipinski definition) is 1. The highest BCUT2D eigenvalue weighted by Crippen LogP contribution is 2.29. The highest BCUT2D eigenvalue weighted by Gasteiger charge is 2.22. The van der Waals surface area contributed by atoms with E-state index in [-0.39, 0.29) is 12.1 Å². The largest absolute Gasteiger partial charge is 0.375 e. The van der Waals surface area contributed by atoms with Gasteiger partial charge in [-0.1, -0.05) is 31.4 Å². The zero-order valence-corrected chi connectivity index (χ0v) is 15.5. The number of ether oxygens (including phenoxy) is 1. The van der Waals surface area contributed by atoms with E-state index >= 15 is 0 Å². The molecule has 6 heteroatoms. The summed E-state index contributed by atoms with van der Waals surface area (Å²) >= 11 is 0. The Morgan fingerprint density at radius 2 is 1.84 bits per heavy atom. The number of aromatic nitrogens is 4. The van der Waals surface area contributed by atoms with Gasteiger partial charge < -0.3 is 10.1 Å². The second kappa shape index (κ2) is 8.43. The van der Waals surface area contributed by atoms with Gasteiger partial charge >= 0.3 is 0 Å². The molecule has 0 aliphatic heterocycles. The fourth-order valence-electron chi connectivity index (χ4n) is 3.35. The minimum atomic E-state index is 0.0645. The minimum Gasteiger partial charge on any atom is -0.375 e. The van der Waals surface area contributed by atoms with Crippen LogP contribution in [0.3, 0.4) is 0 Å². The van der Waals surface area contributed by atoms with Gasteiger partial charge in [0.25, 0.3) is 0 Å². The van der Waals surface area contributed by atoms with Crippen LogP contribution in [0.1, 0.15) is 76.3 Å². The lowest BCUT2D eigenvalue weighted by atomic mass is 9.95. The van der Waals surface area contributed by atoms with E-state index in [4.69, 9.17) is 4.74 Å². The summed E-state index contributed by atoms with van der Waals surface area (Å²) in [4.78, 5) is 0. The van der Waals surface area contributed by atoms with Gasteiger partial charge in [0.2, 0.25) is 0 Å². The molecule has 1 aliphatic carbocycles. The van der Waals surface area contributed by atoms with E-state index in [9.17, 15) is 0 Å². The first kappa shape index (κ1) is 17.9. The van der Waals surface area contributed by atoms with Gasteiger partial charge in [-0.25, -0.2) is 4.68 Å². The van der Waals surface area contributed by atoms with Crippen LogP contribution in [0.25, 0.3) is 0 Å². The standard InChI is InChI=1S/C19H29N5O/c1-14(2)25-13-16-9-11-17(12-10-16)20-15(3)19-21-22-23-24(19)18-7-5-4-6-8-18/h9-12,14-15,18,20H,4-8,13H2,1-3H3. The Kier molecular flexibility index (Phi) is 6.02. The summed E-state index contributed by atoms with van der Waals surface area (Å²) < 4.78 is 7.67. The first-order chi connectivity index (χ1) is 12.1. The number of benzene rings is 1. The van der Waals surface area contributed by atoms with E-state index in [2.05, 4.69) is 52.0 Å². The second-order valence-corrected chi connectivity index (χ2v) is 7.20. The molecule has 1 aromatic heterocycles.